The highest BCUT2D eigenvalue weighted by Gasteiger charge is 2.26. The summed E-state index contributed by atoms with van der Waals surface area (Å²) in [6, 6.07) is 0.418. The zero-order chi connectivity index (χ0) is 16.2. The first-order valence-electron chi connectivity index (χ1n) is 8.06. The zero-order valence-corrected chi connectivity index (χ0v) is 14.0. The van der Waals surface area contributed by atoms with Gasteiger partial charge in [-0.1, -0.05) is 0 Å². The highest BCUT2D eigenvalue weighted by molar-refractivity contribution is 5.86. The van der Waals surface area contributed by atoms with Crippen molar-refractivity contribution >= 4 is 18.3 Å². The number of alkyl carbamates (subject to hydrolysis) is 1. The first kappa shape index (κ1) is 16.8. The van der Waals surface area contributed by atoms with Gasteiger partial charge in [0, 0.05) is 12.5 Å². The van der Waals surface area contributed by atoms with Crippen molar-refractivity contribution in [2.45, 2.75) is 83.6 Å². The second kappa shape index (κ2) is 7.11. The molecule has 1 unspecified atom stereocenters. The second-order valence-electron chi connectivity index (χ2n) is 7.08. The van der Waals surface area contributed by atoms with E-state index in [4.69, 9.17) is 9.47 Å². The molecule has 1 fully saturated rings. The van der Waals surface area contributed by atoms with Crippen LogP contribution in [0.2, 0.25) is 0 Å². The van der Waals surface area contributed by atoms with E-state index in [0.29, 0.717) is 0 Å². The molecule has 0 aromatic rings. The van der Waals surface area contributed by atoms with E-state index in [2.05, 4.69) is 22.2 Å². The van der Waals surface area contributed by atoms with Crippen molar-refractivity contribution < 1.29 is 14.3 Å². The largest absolute Gasteiger partial charge is 0.477 e. The highest BCUT2D eigenvalue weighted by atomic mass is 16.6. The standard InChI is InChI=1S/C16H27N3O3/c1-11-9-14(18-10-17-11)21-13-7-5-12(6-8-13)19-15(20)22-16(2,3)4/h10-13H,5-9H2,1-4H3,(H,19,20). The molecule has 0 aromatic carbocycles. The lowest BCUT2D eigenvalue weighted by Gasteiger charge is -2.31. The number of nitrogens with one attached hydrogen (secondary N) is 1. The van der Waals surface area contributed by atoms with E-state index in [1.165, 1.54) is 0 Å². The van der Waals surface area contributed by atoms with Crippen LogP contribution < -0.4 is 5.32 Å². The van der Waals surface area contributed by atoms with E-state index < -0.39 is 5.60 Å². The minimum Gasteiger partial charge on any atom is -0.477 e. The van der Waals surface area contributed by atoms with Gasteiger partial charge in [-0.2, -0.15) is 0 Å². The van der Waals surface area contributed by atoms with Gasteiger partial charge < -0.3 is 14.8 Å². The summed E-state index contributed by atoms with van der Waals surface area (Å²) in [5.41, 5.74) is -0.457. The monoisotopic (exact) mass is 309 g/mol. The number of rotatable bonds is 2. The average molecular weight is 309 g/mol. The predicted octanol–water partition coefficient (Wildman–Crippen LogP) is 3.06. The Hall–Kier alpha value is -1.59. The number of hydrogen-bond acceptors (Lipinski definition) is 5. The normalized spacial score (nSPS) is 28.7. The van der Waals surface area contributed by atoms with Crippen LogP contribution in [0.1, 0.15) is 59.8 Å². The smallest absolute Gasteiger partial charge is 0.407 e. The summed E-state index contributed by atoms with van der Waals surface area (Å²) in [5, 5.41) is 2.94. The van der Waals surface area contributed by atoms with Gasteiger partial charge in [0.25, 0.3) is 0 Å². The Labute approximate surface area is 132 Å². The molecule has 124 valence electrons. The van der Waals surface area contributed by atoms with Crippen LogP contribution >= 0.6 is 0 Å². The third-order valence-electron chi connectivity index (χ3n) is 3.69. The van der Waals surface area contributed by atoms with Gasteiger partial charge in [-0.15, -0.1) is 0 Å². The molecule has 1 N–H and O–H groups in total. The molecule has 6 nitrogen and oxygen atoms in total. The molecule has 1 heterocycles. The van der Waals surface area contributed by atoms with Crippen LogP contribution in [0, 0.1) is 0 Å². The molecule has 0 aromatic heterocycles. The third-order valence-corrected chi connectivity index (χ3v) is 3.69. The fourth-order valence-electron chi connectivity index (χ4n) is 2.64. The Morgan fingerprint density at radius 1 is 1.27 bits per heavy atom. The van der Waals surface area contributed by atoms with E-state index in [-0.39, 0.29) is 24.3 Å². The summed E-state index contributed by atoms with van der Waals surface area (Å²) in [6.45, 7) is 7.65. The number of ether oxygens (including phenoxy) is 2. The second-order valence-corrected chi connectivity index (χ2v) is 7.08. The van der Waals surface area contributed by atoms with Gasteiger partial charge in [-0.25, -0.2) is 9.79 Å². The van der Waals surface area contributed by atoms with Gasteiger partial charge in [0.05, 0.1) is 6.04 Å². The zero-order valence-electron chi connectivity index (χ0n) is 14.0. The van der Waals surface area contributed by atoms with Crippen molar-refractivity contribution in [2.24, 2.45) is 9.98 Å². The first-order valence-corrected chi connectivity index (χ1v) is 8.06. The van der Waals surface area contributed by atoms with Crippen LogP contribution in [0.3, 0.4) is 0 Å². The molecule has 0 saturated heterocycles. The lowest BCUT2D eigenvalue weighted by molar-refractivity contribution is 0.0465. The summed E-state index contributed by atoms with van der Waals surface area (Å²) in [7, 11) is 0. The van der Waals surface area contributed by atoms with Gasteiger partial charge in [-0.3, -0.25) is 4.99 Å². The minimum absolute atomic E-state index is 0.170. The van der Waals surface area contributed by atoms with Crippen LogP contribution in [0.5, 0.6) is 0 Å². The molecular weight excluding hydrogens is 282 g/mol. The Balaban J connectivity index is 1.71. The molecule has 0 bridgehead atoms. The molecule has 2 aliphatic rings. The van der Waals surface area contributed by atoms with Gasteiger partial charge in [0.1, 0.15) is 18.0 Å². The molecule has 6 heteroatoms. The lowest BCUT2D eigenvalue weighted by Crippen LogP contribution is -2.42. The minimum atomic E-state index is -0.457. The van der Waals surface area contributed by atoms with Crippen molar-refractivity contribution in [3.05, 3.63) is 0 Å². The molecule has 2 rings (SSSR count). The summed E-state index contributed by atoms with van der Waals surface area (Å²) < 4.78 is 11.2. The average Bonchev–Trinajstić information content (AvgIpc) is 2.39. The topological polar surface area (TPSA) is 72.3 Å². The molecule has 22 heavy (non-hydrogen) atoms. The number of amides is 1. The van der Waals surface area contributed by atoms with Crippen LogP contribution in [0.15, 0.2) is 9.98 Å². The lowest BCUT2D eigenvalue weighted by atomic mass is 9.93. The molecule has 1 amide bonds. The van der Waals surface area contributed by atoms with Gasteiger partial charge in [0.15, 0.2) is 5.90 Å². The van der Waals surface area contributed by atoms with Crippen molar-refractivity contribution in [2.75, 3.05) is 0 Å². The van der Waals surface area contributed by atoms with E-state index >= 15 is 0 Å². The van der Waals surface area contributed by atoms with Crippen molar-refractivity contribution in [1.29, 1.82) is 0 Å². The molecule has 1 saturated carbocycles. The van der Waals surface area contributed by atoms with Crippen LogP contribution in [-0.4, -0.2) is 42.1 Å². The summed E-state index contributed by atoms with van der Waals surface area (Å²) >= 11 is 0. The van der Waals surface area contributed by atoms with E-state index in [1.807, 2.05) is 20.8 Å². The maximum absolute atomic E-state index is 11.8. The number of carbonyl (C=O) groups is 1. The maximum atomic E-state index is 11.8. The Morgan fingerprint density at radius 2 is 1.95 bits per heavy atom. The van der Waals surface area contributed by atoms with Crippen molar-refractivity contribution in [3.8, 4) is 0 Å². The van der Waals surface area contributed by atoms with Gasteiger partial charge >= 0.3 is 6.09 Å². The number of aliphatic imine (C=N–C) groups is 2. The fourth-order valence-corrected chi connectivity index (χ4v) is 2.64. The Kier molecular flexibility index (Phi) is 5.42. The predicted molar refractivity (Wildman–Crippen MR) is 86.5 cm³/mol. The first-order chi connectivity index (χ1) is 10.3. The van der Waals surface area contributed by atoms with Gasteiger partial charge in [-0.05, 0) is 53.4 Å². The van der Waals surface area contributed by atoms with E-state index in [1.54, 1.807) is 6.34 Å². The fraction of sp³-hybridized carbons (Fsp3) is 0.812. The molecule has 1 aliphatic heterocycles. The SMILES string of the molecule is CC1CC(OC2CCC(NC(=O)OC(C)(C)C)CC2)=NC=N1. The molecule has 1 atom stereocenters. The molecule has 0 spiro atoms. The molecule has 0 radical (unpaired) electrons. The Bertz CT molecular complexity index is 446. The van der Waals surface area contributed by atoms with Crippen molar-refractivity contribution in [3.63, 3.8) is 0 Å². The molecule has 1 aliphatic carbocycles. The summed E-state index contributed by atoms with van der Waals surface area (Å²) in [6.07, 6.45) is 5.86. The van der Waals surface area contributed by atoms with Gasteiger partial charge in [0.2, 0.25) is 0 Å². The number of carbonyl (C=O) groups excluding carboxylic acids is 1. The van der Waals surface area contributed by atoms with E-state index in [0.717, 1.165) is 38.0 Å². The van der Waals surface area contributed by atoms with Crippen LogP contribution in [0.4, 0.5) is 4.79 Å². The maximum Gasteiger partial charge on any atom is 0.407 e. The molecular formula is C16H27N3O3. The van der Waals surface area contributed by atoms with Crippen LogP contribution in [-0.2, 0) is 9.47 Å². The van der Waals surface area contributed by atoms with E-state index in [9.17, 15) is 4.79 Å². The summed E-state index contributed by atoms with van der Waals surface area (Å²) in [5.74, 6) is 0.783. The number of hydrogen-bond donors (Lipinski definition) is 1. The summed E-state index contributed by atoms with van der Waals surface area (Å²) in [4.78, 5) is 20.2. The highest BCUT2D eigenvalue weighted by Crippen LogP contribution is 2.23. The van der Waals surface area contributed by atoms with Crippen molar-refractivity contribution in [1.82, 2.24) is 5.32 Å². The Morgan fingerprint density at radius 3 is 2.55 bits per heavy atom. The quantitative estimate of drug-likeness (QED) is 0.852. The third kappa shape index (κ3) is 5.66. The van der Waals surface area contributed by atoms with Crippen LogP contribution in [0.25, 0.3) is 0 Å². The number of nitrogens with zero attached hydrogens (tertiary/aromatic N) is 2.